The molecule has 0 aliphatic heterocycles. The highest BCUT2D eigenvalue weighted by Gasteiger charge is 2.22. The van der Waals surface area contributed by atoms with Crippen molar-refractivity contribution in [2.75, 3.05) is 0 Å². The summed E-state index contributed by atoms with van der Waals surface area (Å²) in [6.45, 7) is 9.18. The molecule has 0 saturated carbocycles. The Bertz CT molecular complexity index is 268. The van der Waals surface area contributed by atoms with Crippen LogP contribution in [0.5, 0.6) is 0 Å². The lowest BCUT2D eigenvalue weighted by atomic mass is 10.1. The Labute approximate surface area is 99.1 Å². The molecule has 0 atom stereocenters. The zero-order chi connectivity index (χ0) is 11.4. The standard InChI is InChI=1S/C10H16INO2/c1-9(2,3)12-8(13)14-10(4,5)6-7-11/h1-5H3,(H,12,13). The number of carbonyl (C=O) groups excluding carboxylic acids is 1. The molecule has 0 bridgehead atoms. The lowest BCUT2D eigenvalue weighted by Crippen LogP contribution is -2.43. The topological polar surface area (TPSA) is 38.3 Å². The van der Waals surface area contributed by atoms with E-state index in [0.29, 0.717) is 0 Å². The fourth-order valence-corrected chi connectivity index (χ4v) is 1.35. The van der Waals surface area contributed by atoms with Gasteiger partial charge in [0.15, 0.2) is 5.60 Å². The van der Waals surface area contributed by atoms with E-state index in [2.05, 4.69) is 15.2 Å². The van der Waals surface area contributed by atoms with E-state index in [-0.39, 0.29) is 5.54 Å². The number of hydrogen-bond donors (Lipinski definition) is 1. The highest BCUT2D eigenvalue weighted by atomic mass is 127. The van der Waals surface area contributed by atoms with Gasteiger partial charge in [-0.25, -0.2) is 4.79 Å². The molecule has 4 heteroatoms. The SMILES string of the molecule is CC(C)(C)NC(=O)OC(C)(C)C#CI. The Hall–Kier alpha value is -0.440. The first-order chi connectivity index (χ1) is 6.16. The van der Waals surface area contributed by atoms with Gasteiger partial charge in [0.1, 0.15) is 0 Å². The van der Waals surface area contributed by atoms with Gasteiger partial charge >= 0.3 is 6.09 Å². The number of amides is 1. The highest BCUT2D eigenvalue weighted by molar-refractivity contribution is 14.1. The molecule has 0 heterocycles. The Kier molecular flexibility index (Phi) is 4.72. The molecule has 0 aromatic rings. The van der Waals surface area contributed by atoms with Gasteiger partial charge in [-0.1, -0.05) is 0 Å². The summed E-state index contributed by atoms with van der Waals surface area (Å²) in [6.07, 6.45) is -0.443. The minimum absolute atomic E-state index is 0.287. The van der Waals surface area contributed by atoms with Crippen molar-refractivity contribution < 1.29 is 9.53 Å². The van der Waals surface area contributed by atoms with Gasteiger partial charge in [0, 0.05) is 28.1 Å². The molecule has 0 radical (unpaired) electrons. The molecule has 0 fully saturated rings. The van der Waals surface area contributed by atoms with Crippen molar-refractivity contribution in [1.29, 1.82) is 0 Å². The summed E-state index contributed by atoms with van der Waals surface area (Å²) in [5, 5.41) is 2.70. The van der Waals surface area contributed by atoms with E-state index in [1.165, 1.54) is 0 Å². The van der Waals surface area contributed by atoms with Crippen molar-refractivity contribution in [1.82, 2.24) is 5.32 Å². The fraction of sp³-hybridized carbons (Fsp3) is 0.700. The van der Waals surface area contributed by atoms with E-state index in [4.69, 9.17) is 4.74 Å². The maximum absolute atomic E-state index is 11.3. The van der Waals surface area contributed by atoms with Crippen LogP contribution in [0.3, 0.4) is 0 Å². The van der Waals surface area contributed by atoms with Crippen molar-refractivity contribution in [2.45, 2.75) is 45.8 Å². The van der Waals surface area contributed by atoms with Crippen molar-refractivity contribution in [3.8, 4) is 9.85 Å². The van der Waals surface area contributed by atoms with Crippen LogP contribution in [-0.4, -0.2) is 17.2 Å². The molecule has 0 saturated heterocycles. The van der Waals surface area contributed by atoms with Crippen LogP contribution >= 0.6 is 22.6 Å². The zero-order valence-electron chi connectivity index (χ0n) is 9.19. The van der Waals surface area contributed by atoms with E-state index < -0.39 is 11.7 Å². The number of rotatable bonds is 1. The number of ether oxygens (including phenoxy) is 1. The van der Waals surface area contributed by atoms with Crippen molar-refractivity contribution in [2.24, 2.45) is 0 Å². The van der Waals surface area contributed by atoms with E-state index in [0.717, 1.165) is 0 Å². The molecule has 0 aliphatic carbocycles. The van der Waals surface area contributed by atoms with Crippen LogP contribution in [-0.2, 0) is 4.74 Å². The summed E-state index contributed by atoms with van der Waals surface area (Å²) >= 11 is 1.91. The van der Waals surface area contributed by atoms with Gasteiger partial charge in [-0.15, -0.1) is 0 Å². The van der Waals surface area contributed by atoms with Crippen LogP contribution in [0.25, 0.3) is 0 Å². The van der Waals surface area contributed by atoms with Gasteiger partial charge in [-0.05, 0) is 44.5 Å². The molecule has 80 valence electrons. The molecule has 0 aromatic heterocycles. The second kappa shape index (κ2) is 4.87. The zero-order valence-corrected chi connectivity index (χ0v) is 11.4. The first-order valence-corrected chi connectivity index (χ1v) is 5.38. The number of halogens is 1. The van der Waals surface area contributed by atoms with Gasteiger partial charge in [-0.3, -0.25) is 0 Å². The second-order valence-electron chi connectivity index (χ2n) is 4.49. The first kappa shape index (κ1) is 13.6. The van der Waals surface area contributed by atoms with Crippen LogP contribution in [0.1, 0.15) is 34.6 Å². The van der Waals surface area contributed by atoms with Crippen molar-refractivity contribution in [3.63, 3.8) is 0 Å². The summed E-state index contributed by atoms with van der Waals surface area (Å²) in [6, 6.07) is 0. The third kappa shape index (κ3) is 7.01. The summed E-state index contributed by atoms with van der Waals surface area (Å²) in [5.41, 5.74) is -1.03. The summed E-state index contributed by atoms with van der Waals surface area (Å²) in [4.78, 5) is 11.3. The molecular formula is C10H16INO2. The van der Waals surface area contributed by atoms with E-state index in [1.54, 1.807) is 13.8 Å². The van der Waals surface area contributed by atoms with E-state index in [9.17, 15) is 4.79 Å². The molecule has 3 nitrogen and oxygen atoms in total. The Morgan fingerprint density at radius 2 is 1.79 bits per heavy atom. The van der Waals surface area contributed by atoms with E-state index >= 15 is 0 Å². The monoisotopic (exact) mass is 309 g/mol. The molecule has 1 N–H and O–H groups in total. The smallest absolute Gasteiger partial charge is 0.409 e. The minimum Gasteiger partial charge on any atom is -0.430 e. The van der Waals surface area contributed by atoms with Gasteiger partial charge in [-0.2, -0.15) is 0 Å². The maximum atomic E-state index is 11.3. The van der Waals surface area contributed by atoms with Crippen LogP contribution in [0.15, 0.2) is 0 Å². The normalized spacial score (nSPS) is 11.3. The Morgan fingerprint density at radius 1 is 1.29 bits per heavy atom. The fourth-order valence-electron chi connectivity index (χ4n) is 0.703. The Balaban J connectivity index is 4.25. The Morgan fingerprint density at radius 3 is 2.14 bits per heavy atom. The number of carbonyl (C=O) groups is 1. The molecule has 0 rings (SSSR count). The third-order valence-electron chi connectivity index (χ3n) is 1.17. The first-order valence-electron chi connectivity index (χ1n) is 4.30. The quantitative estimate of drug-likeness (QED) is 0.597. The average molecular weight is 309 g/mol. The molecule has 1 amide bonds. The molecule has 0 aromatic carbocycles. The summed E-state index contributed by atoms with van der Waals surface area (Å²) < 4.78 is 7.82. The third-order valence-corrected chi connectivity index (χ3v) is 1.44. The lowest BCUT2D eigenvalue weighted by Gasteiger charge is -2.24. The molecule has 0 aliphatic rings. The highest BCUT2D eigenvalue weighted by Crippen LogP contribution is 2.09. The minimum atomic E-state index is -0.740. The number of nitrogens with one attached hydrogen (secondary N) is 1. The van der Waals surface area contributed by atoms with Gasteiger partial charge in [0.05, 0.1) is 0 Å². The van der Waals surface area contributed by atoms with Crippen molar-refractivity contribution >= 4 is 28.7 Å². The van der Waals surface area contributed by atoms with Crippen LogP contribution in [0.4, 0.5) is 4.79 Å². The summed E-state index contributed by atoms with van der Waals surface area (Å²) in [5.74, 6) is 2.79. The van der Waals surface area contributed by atoms with Gasteiger partial charge < -0.3 is 10.1 Å². The van der Waals surface area contributed by atoms with Crippen LogP contribution < -0.4 is 5.32 Å². The molecule has 14 heavy (non-hydrogen) atoms. The van der Waals surface area contributed by atoms with Gasteiger partial charge in [0.2, 0.25) is 0 Å². The summed E-state index contributed by atoms with van der Waals surface area (Å²) in [7, 11) is 0. The van der Waals surface area contributed by atoms with Crippen molar-refractivity contribution in [3.05, 3.63) is 0 Å². The predicted octanol–water partition coefficient (Wildman–Crippen LogP) is 2.69. The maximum Gasteiger partial charge on any atom is 0.409 e. The largest absolute Gasteiger partial charge is 0.430 e. The predicted molar refractivity (Wildman–Crippen MR) is 65.2 cm³/mol. The number of alkyl carbamates (subject to hydrolysis) is 1. The second-order valence-corrected chi connectivity index (χ2v) is 5.03. The average Bonchev–Trinajstić information content (AvgIpc) is 1.78. The molecule has 0 unspecified atom stereocenters. The molecular weight excluding hydrogens is 293 g/mol. The van der Waals surface area contributed by atoms with Crippen LogP contribution in [0.2, 0.25) is 0 Å². The van der Waals surface area contributed by atoms with E-state index in [1.807, 2.05) is 43.4 Å². The van der Waals surface area contributed by atoms with Crippen LogP contribution in [0, 0.1) is 9.85 Å². The number of hydrogen-bond acceptors (Lipinski definition) is 2. The molecule has 0 spiro atoms. The van der Waals surface area contributed by atoms with Gasteiger partial charge in [0.25, 0.3) is 0 Å². The lowest BCUT2D eigenvalue weighted by molar-refractivity contribution is 0.0726.